The van der Waals surface area contributed by atoms with Gasteiger partial charge >= 0.3 is 0 Å². The van der Waals surface area contributed by atoms with Crippen LogP contribution in [0.3, 0.4) is 0 Å². The molecular weight excluding hydrogens is 430 g/mol. The fraction of sp³-hybridized carbons (Fsp3) is 0.167. The van der Waals surface area contributed by atoms with E-state index in [1.807, 2.05) is 0 Å². The van der Waals surface area contributed by atoms with Crippen molar-refractivity contribution in [2.75, 3.05) is 5.32 Å². The monoisotopic (exact) mass is 437 g/mol. The summed E-state index contributed by atoms with van der Waals surface area (Å²) in [6.07, 6.45) is 0. The standard InChI is InChI=1S/C12H10Br3NS/c1-7-4-8(2-3-10(7)13)16-6-9-5-11(14)12(15)17-9/h2-5,16H,6H2,1H3. The molecule has 5 heteroatoms. The normalized spacial score (nSPS) is 10.6. The highest BCUT2D eigenvalue weighted by atomic mass is 79.9. The second-order valence-corrected chi connectivity index (χ2v) is 7.82. The predicted octanol–water partition coefficient (Wildman–Crippen LogP) is 5.96. The Morgan fingerprint density at radius 3 is 2.47 bits per heavy atom. The van der Waals surface area contributed by atoms with Crippen LogP contribution >= 0.6 is 59.1 Å². The number of rotatable bonds is 3. The van der Waals surface area contributed by atoms with Crippen LogP contribution in [0.15, 0.2) is 37.0 Å². The first-order chi connectivity index (χ1) is 8.06. The topological polar surface area (TPSA) is 12.0 Å². The molecule has 2 rings (SSSR count). The summed E-state index contributed by atoms with van der Waals surface area (Å²) in [5, 5.41) is 3.42. The van der Waals surface area contributed by atoms with E-state index in [0.717, 1.165) is 25.0 Å². The van der Waals surface area contributed by atoms with Crippen molar-refractivity contribution in [1.29, 1.82) is 0 Å². The van der Waals surface area contributed by atoms with Gasteiger partial charge in [-0.15, -0.1) is 11.3 Å². The van der Waals surface area contributed by atoms with Crippen LogP contribution < -0.4 is 5.32 Å². The van der Waals surface area contributed by atoms with Crippen molar-refractivity contribution < 1.29 is 0 Å². The molecule has 0 aliphatic heterocycles. The van der Waals surface area contributed by atoms with Crippen LogP contribution in [0.25, 0.3) is 0 Å². The lowest BCUT2D eigenvalue weighted by molar-refractivity contribution is 1.19. The van der Waals surface area contributed by atoms with Gasteiger partial charge in [0, 0.05) is 26.1 Å². The van der Waals surface area contributed by atoms with E-state index in [4.69, 9.17) is 0 Å². The van der Waals surface area contributed by atoms with Crippen LogP contribution in [-0.4, -0.2) is 0 Å². The maximum atomic E-state index is 3.50. The lowest BCUT2D eigenvalue weighted by atomic mass is 10.2. The van der Waals surface area contributed by atoms with Gasteiger partial charge in [0.1, 0.15) is 0 Å². The van der Waals surface area contributed by atoms with Gasteiger partial charge in [-0.25, -0.2) is 0 Å². The van der Waals surface area contributed by atoms with E-state index >= 15 is 0 Å². The first-order valence-electron chi connectivity index (χ1n) is 5.00. The average molecular weight is 440 g/mol. The first-order valence-corrected chi connectivity index (χ1v) is 8.19. The molecular formula is C12H10Br3NS. The second-order valence-electron chi connectivity index (χ2n) is 3.65. The van der Waals surface area contributed by atoms with E-state index in [-0.39, 0.29) is 0 Å². The molecule has 2 aromatic rings. The minimum absolute atomic E-state index is 0.843. The molecule has 0 unspecified atom stereocenters. The van der Waals surface area contributed by atoms with Crippen molar-refractivity contribution in [3.8, 4) is 0 Å². The van der Waals surface area contributed by atoms with Crippen molar-refractivity contribution >= 4 is 64.8 Å². The number of aryl methyl sites for hydroxylation is 1. The number of benzene rings is 1. The van der Waals surface area contributed by atoms with Gasteiger partial charge in [-0.3, -0.25) is 0 Å². The lowest BCUT2D eigenvalue weighted by Gasteiger charge is -2.06. The van der Waals surface area contributed by atoms with Gasteiger partial charge < -0.3 is 5.32 Å². The van der Waals surface area contributed by atoms with Gasteiger partial charge in [0.25, 0.3) is 0 Å². The fourth-order valence-electron chi connectivity index (χ4n) is 1.42. The van der Waals surface area contributed by atoms with E-state index in [2.05, 4.69) is 84.3 Å². The van der Waals surface area contributed by atoms with Crippen molar-refractivity contribution in [1.82, 2.24) is 0 Å². The van der Waals surface area contributed by atoms with Crippen molar-refractivity contribution in [2.45, 2.75) is 13.5 Å². The van der Waals surface area contributed by atoms with Crippen LogP contribution in [-0.2, 0) is 6.54 Å². The van der Waals surface area contributed by atoms with E-state index in [1.165, 1.54) is 10.4 Å². The number of nitrogens with one attached hydrogen (secondary N) is 1. The number of thiophene rings is 1. The third kappa shape index (κ3) is 3.56. The molecule has 0 fully saturated rings. The molecule has 0 aliphatic carbocycles. The summed E-state index contributed by atoms with van der Waals surface area (Å²) in [5.41, 5.74) is 2.38. The Kier molecular flexibility index (Phi) is 4.69. The zero-order valence-electron chi connectivity index (χ0n) is 9.06. The Morgan fingerprint density at radius 1 is 1.12 bits per heavy atom. The molecule has 0 spiro atoms. The summed E-state index contributed by atoms with van der Waals surface area (Å²) in [5.74, 6) is 0. The minimum Gasteiger partial charge on any atom is -0.380 e. The SMILES string of the molecule is Cc1cc(NCc2cc(Br)c(Br)s2)ccc1Br. The molecule has 90 valence electrons. The molecule has 1 aromatic heterocycles. The highest BCUT2D eigenvalue weighted by molar-refractivity contribution is 9.13. The smallest absolute Gasteiger partial charge is 0.0843 e. The molecule has 0 atom stereocenters. The molecule has 1 nitrogen and oxygen atoms in total. The summed E-state index contributed by atoms with van der Waals surface area (Å²) in [4.78, 5) is 1.30. The van der Waals surface area contributed by atoms with Crippen LogP contribution in [0.1, 0.15) is 10.4 Å². The molecule has 1 N–H and O–H groups in total. The van der Waals surface area contributed by atoms with E-state index < -0.39 is 0 Å². The maximum absolute atomic E-state index is 3.50. The molecule has 17 heavy (non-hydrogen) atoms. The summed E-state index contributed by atoms with van der Waals surface area (Å²) >= 11 is 12.2. The van der Waals surface area contributed by atoms with Crippen molar-refractivity contribution in [3.05, 3.63) is 47.4 Å². The average Bonchev–Trinajstić information content (AvgIpc) is 2.60. The molecule has 0 bridgehead atoms. The number of hydrogen-bond acceptors (Lipinski definition) is 2. The zero-order chi connectivity index (χ0) is 12.4. The van der Waals surface area contributed by atoms with Crippen LogP contribution in [0.5, 0.6) is 0 Å². The van der Waals surface area contributed by atoms with E-state index in [1.54, 1.807) is 11.3 Å². The van der Waals surface area contributed by atoms with Gasteiger partial charge in [-0.05, 0) is 68.6 Å². The summed E-state index contributed by atoms with van der Waals surface area (Å²) in [7, 11) is 0. The molecule has 1 aromatic carbocycles. The van der Waals surface area contributed by atoms with Crippen LogP contribution in [0.2, 0.25) is 0 Å². The highest BCUT2D eigenvalue weighted by Crippen LogP contribution is 2.32. The van der Waals surface area contributed by atoms with Gasteiger partial charge in [-0.2, -0.15) is 0 Å². The first kappa shape index (κ1) is 13.6. The fourth-order valence-corrected chi connectivity index (χ4v) is 3.79. The number of hydrogen-bond donors (Lipinski definition) is 1. The zero-order valence-corrected chi connectivity index (χ0v) is 14.6. The number of halogens is 3. The Morgan fingerprint density at radius 2 is 1.88 bits per heavy atom. The number of anilines is 1. The Hall–Kier alpha value is 0.160. The second kappa shape index (κ2) is 5.87. The Balaban J connectivity index is 2.04. The van der Waals surface area contributed by atoms with E-state index in [9.17, 15) is 0 Å². The van der Waals surface area contributed by atoms with Crippen LogP contribution in [0, 0.1) is 6.92 Å². The summed E-state index contributed by atoms with van der Waals surface area (Å²) in [6, 6.07) is 8.42. The molecule has 0 radical (unpaired) electrons. The predicted molar refractivity (Wildman–Crippen MR) is 85.9 cm³/mol. The lowest BCUT2D eigenvalue weighted by Crippen LogP contribution is -1.97. The van der Waals surface area contributed by atoms with Gasteiger partial charge in [0.2, 0.25) is 0 Å². The molecule has 0 saturated carbocycles. The Bertz CT molecular complexity index is 517. The third-order valence-electron chi connectivity index (χ3n) is 2.32. The maximum Gasteiger partial charge on any atom is 0.0843 e. The highest BCUT2D eigenvalue weighted by Gasteiger charge is 2.04. The van der Waals surface area contributed by atoms with Gasteiger partial charge in [0.05, 0.1) is 3.79 Å². The summed E-state index contributed by atoms with van der Waals surface area (Å²) in [6.45, 7) is 2.93. The molecule has 1 heterocycles. The van der Waals surface area contributed by atoms with Crippen LogP contribution in [0.4, 0.5) is 5.69 Å². The third-order valence-corrected chi connectivity index (χ3v) is 6.47. The van der Waals surface area contributed by atoms with Gasteiger partial charge in [0.15, 0.2) is 0 Å². The minimum atomic E-state index is 0.843. The molecule has 0 amide bonds. The quantitative estimate of drug-likeness (QED) is 0.622. The molecule has 0 saturated heterocycles. The van der Waals surface area contributed by atoms with Gasteiger partial charge in [-0.1, -0.05) is 15.9 Å². The van der Waals surface area contributed by atoms with E-state index in [0.29, 0.717) is 0 Å². The van der Waals surface area contributed by atoms with Crippen molar-refractivity contribution in [3.63, 3.8) is 0 Å². The molecule has 0 aliphatic rings. The largest absolute Gasteiger partial charge is 0.380 e. The van der Waals surface area contributed by atoms with Crippen molar-refractivity contribution in [2.24, 2.45) is 0 Å². The Labute approximate surface area is 130 Å². The summed E-state index contributed by atoms with van der Waals surface area (Å²) < 4.78 is 3.40.